The van der Waals surface area contributed by atoms with E-state index in [1.54, 1.807) is 9.80 Å². The number of hydrogen-bond acceptors (Lipinski definition) is 5. The number of ether oxygens (including phenoxy) is 2. The summed E-state index contributed by atoms with van der Waals surface area (Å²) in [6, 6.07) is 4.48. The van der Waals surface area contributed by atoms with Crippen molar-refractivity contribution in [3.05, 3.63) is 29.8 Å². The number of carbonyl (C=O) groups excluding carboxylic acids is 2. The normalized spacial score (nSPS) is 21.4. The van der Waals surface area contributed by atoms with Crippen molar-refractivity contribution in [1.29, 1.82) is 0 Å². The Bertz CT molecular complexity index is 708. The molecule has 2 heterocycles. The summed E-state index contributed by atoms with van der Waals surface area (Å²) in [5.41, 5.74) is -0.748. The van der Waals surface area contributed by atoms with E-state index in [-0.39, 0.29) is 24.7 Å². The summed E-state index contributed by atoms with van der Waals surface area (Å²) >= 11 is 0. The average molecular weight is 401 g/mol. The van der Waals surface area contributed by atoms with Gasteiger partial charge in [0.15, 0.2) is 0 Å². The topological polar surface area (TPSA) is 71.1 Å². The molecule has 2 aliphatic rings. The van der Waals surface area contributed by atoms with Crippen LogP contribution in [0.4, 0.5) is 18.9 Å². The maximum Gasteiger partial charge on any atom is 0.416 e. The Morgan fingerprint density at radius 3 is 2.61 bits per heavy atom. The fraction of sp³-hybridized carbons (Fsp3) is 0.556. The van der Waals surface area contributed by atoms with Gasteiger partial charge in [-0.1, -0.05) is 6.07 Å². The van der Waals surface area contributed by atoms with E-state index < -0.39 is 23.8 Å². The second kappa shape index (κ2) is 8.89. The molecular weight excluding hydrogens is 379 g/mol. The zero-order chi connectivity index (χ0) is 20.1. The van der Waals surface area contributed by atoms with Gasteiger partial charge in [-0.05, 0) is 18.2 Å². The van der Waals surface area contributed by atoms with Crippen molar-refractivity contribution < 1.29 is 32.2 Å². The minimum atomic E-state index is -4.47. The third kappa shape index (κ3) is 5.43. The van der Waals surface area contributed by atoms with E-state index in [1.807, 2.05) is 0 Å². The monoisotopic (exact) mass is 401 g/mol. The highest BCUT2D eigenvalue weighted by molar-refractivity contribution is 5.92. The lowest BCUT2D eigenvalue weighted by Crippen LogP contribution is -2.54. The molecule has 2 aliphatic heterocycles. The summed E-state index contributed by atoms with van der Waals surface area (Å²) in [5, 5.41) is 2.48. The van der Waals surface area contributed by atoms with E-state index in [9.17, 15) is 22.8 Å². The molecular formula is C18H22F3N3O4. The molecule has 2 fully saturated rings. The summed E-state index contributed by atoms with van der Waals surface area (Å²) in [4.78, 5) is 28.2. The highest BCUT2D eigenvalue weighted by Gasteiger charge is 2.32. The highest BCUT2D eigenvalue weighted by Crippen LogP contribution is 2.30. The Hall–Kier alpha value is -2.17. The van der Waals surface area contributed by atoms with Gasteiger partial charge in [0.2, 0.25) is 5.91 Å². The molecule has 0 saturated carbocycles. The maximum absolute atomic E-state index is 12.8. The lowest BCUT2D eigenvalue weighted by Gasteiger charge is -2.35. The smallest absolute Gasteiger partial charge is 0.378 e. The average Bonchev–Trinajstić information content (AvgIpc) is 2.68. The van der Waals surface area contributed by atoms with Gasteiger partial charge in [0.25, 0.3) is 5.91 Å². The molecule has 0 aromatic heterocycles. The largest absolute Gasteiger partial charge is 0.416 e. The van der Waals surface area contributed by atoms with Gasteiger partial charge in [0.1, 0.15) is 6.10 Å². The van der Waals surface area contributed by atoms with Crippen LogP contribution in [0.1, 0.15) is 5.56 Å². The van der Waals surface area contributed by atoms with Crippen molar-refractivity contribution in [2.75, 3.05) is 57.9 Å². The third-order valence-electron chi connectivity index (χ3n) is 4.59. The van der Waals surface area contributed by atoms with Crippen molar-refractivity contribution >= 4 is 17.5 Å². The van der Waals surface area contributed by atoms with Crippen LogP contribution in [-0.4, -0.2) is 80.3 Å². The van der Waals surface area contributed by atoms with Crippen molar-refractivity contribution in [2.45, 2.75) is 12.3 Å². The SMILES string of the molecule is O=C(CN1CCOC(C(=O)N2CCOCC2)C1)Nc1cccc(C(F)(F)F)c1. The van der Waals surface area contributed by atoms with Gasteiger partial charge < -0.3 is 19.7 Å². The van der Waals surface area contributed by atoms with E-state index in [0.29, 0.717) is 39.5 Å². The predicted octanol–water partition coefficient (Wildman–Crippen LogP) is 1.20. The number of benzene rings is 1. The molecule has 0 aliphatic carbocycles. The van der Waals surface area contributed by atoms with Crippen molar-refractivity contribution in [3.8, 4) is 0 Å². The first-order valence-corrected chi connectivity index (χ1v) is 9.00. The van der Waals surface area contributed by atoms with Gasteiger partial charge in [0.05, 0.1) is 31.9 Å². The summed E-state index contributed by atoms with van der Waals surface area (Å²) < 4.78 is 49.1. The number of alkyl halides is 3. The van der Waals surface area contributed by atoms with E-state index in [4.69, 9.17) is 9.47 Å². The van der Waals surface area contributed by atoms with Crippen LogP contribution in [-0.2, 0) is 25.2 Å². The second-order valence-electron chi connectivity index (χ2n) is 6.66. The van der Waals surface area contributed by atoms with Crippen LogP contribution in [0, 0.1) is 0 Å². The number of carbonyl (C=O) groups is 2. The van der Waals surface area contributed by atoms with Crippen molar-refractivity contribution in [2.24, 2.45) is 0 Å². The molecule has 0 bridgehead atoms. The molecule has 1 atom stereocenters. The van der Waals surface area contributed by atoms with E-state index in [0.717, 1.165) is 12.1 Å². The number of anilines is 1. The van der Waals surface area contributed by atoms with Crippen LogP contribution in [0.3, 0.4) is 0 Å². The lowest BCUT2D eigenvalue weighted by molar-refractivity contribution is -0.154. The van der Waals surface area contributed by atoms with Gasteiger partial charge in [-0.15, -0.1) is 0 Å². The molecule has 2 amide bonds. The van der Waals surface area contributed by atoms with Gasteiger partial charge in [-0.2, -0.15) is 13.2 Å². The zero-order valence-electron chi connectivity index (χ0n) is 15.2. The highest BCUT2D eigenvalue weighted by atomic mass is 19.4. The third-order valence-corrected chi connectivity index (χ3v) is 4.59. The minimum Gasteiger partial charge on any atom is -0.378 e. The molecule has 1 aromatic carbocycles. The van der Waals surface area contributed by atoms with Crippen molar-refractivity contribution in [3.63, 3.8) is 0 Å². The summed E-state index contributed by atoms with van der Waals surface area (Å²) in [7, 11) is 0. The van der Waals surface area contributed by atoms with Crippen LogP contribution < -0.4 is 5.32 Å². The summed E-state index contributed by atoms with van der Waals surface area (Å²) in [6.45, 7) is 2.98. The lowest BCUT2D eigenvalue weighted by atomic mass is 10.2. The Morgan fingerprint density at radius 1 is 1.14 bits per heavy atom. The van der Waals surface area contributed by atoms with Crippen molar-refractivity contribution in [1.82, 2.24) is 9.80 Å². The fourth-order valence-corrected chi connectivity index (χ4v) is 3.16. The van der Waals surface area contributed by atoms with Crippen LogP contribution >= 0.6 is 0 Å². The van der Waals surface area contributed by atoms with Gasteiger partial charge >= 0.3 is 6.18 Å². The molecule has 0 radical (unpaired) electrons. The Labute approximate surface area is 160 Å². The molecule has 7 nitrogen and oxygen atoms in total. The molecule has 28 heavy (non-hydrogen) atoms. The number of nitrogens with zero attached hydrogens (tertiary/aromatic N) is 2. The van der Waals surface area contributed by atoms with E-state index >= 15 is 0 Å². The first-order valence-electron chi connectivity index (χ1n) is 9.00. The number of halogens is 3. The summed E-state index contributed by atoms with van der Waals surface area (Å²) in [6.07, 6.45) is -5.13. The molecule has 3 rings (SSSR count). The Balaban J connectivity index is 1.53. The van der Waals surface area contributed by atoms with Crippen LogP contribution in [0.2, 0.25) is 0 Å². The van der Waals surface area contributed by atoms with Crippen LogP contribution in [0.5, 0.6) is 0 Å². The molecule has 1 aromatic rings. The standard InChI is InChI=1S/C18H22F3N3O4/c19-18(20,21)13-2-1-3-14(10-13)22-16(25)12-23-4-9-28-15(11-23)17(26)24-5-7-27-8-6-24/h1-3,10,15H,4-9,11-12H2,(H,22,25). The van der Waals surface area contributed by atoms with Gasteiger partial charge in [-0.3, -0.25) is 14.5 Å². The zero-order valence-corrected chi connectivity index (χ0v) is 15.2. The first kappa shape index (κ1) is 20.6. The minimum absolute atomic E-state index is 0.0352. The molecule has 0 spiro atoms. The number of rotatable bonds is 4. The van der Waals surface area contributed by atoms with Crippen LogP contribution in [0.25, 0.3) is 0 Å². The molecule has 10 heteroatoms. The van der Waals surface area contributed by atoms with Gasteiger partial charge in [-0.25, -0.2) is 0 Å². The maximum atomic E-state index is 12.8. The van der Waals surface area contributed by atoms with E-state index in [1.165, 1.54) is 12.1 Å². The predicted molar refractivity (Wildman–Crippen MR) is 93.7 cm³/mol. The number of hydrogen-bond donors (Lipinski definition) is 1. The Kier molecular flexibility index (Phi) is 6.53. The quantitative estimate of drug-likeness (QED) is 0.821. The number of morpholine rings is 2. The number of amides is 2. The summed E-state index contributed by atoms with van der Waals surface area (Å²) in [5.74, 6) is -0.579. The molecule has 154 valence electrons. The molecule has 1 N–H and O–H groups in total. The van der Waals surface area contributed by atoms with Crippen LogP contribution in [0.15, 0.2) is 24.3 Å². The Morgan fingerprint density at radius 2 is 1.89 bits per heavy atom. The molecule has 2 saturated heterocycles. The van der Waals surface area contributed by atoms with Gasteiger partial charge in [0, 0.05) is 31.9 Å². The number of nitrogens with one attached hydrogen (secondary N) is 1. The van der Waals surface area contributed by atoms with E-state index in [2.05, 4.69) is 5.32 Å². The fourth-order valence-electron chi connectivity index (χ4n) is 3.16. The first-order chi connectivity index (χ1) is 13.3. The molecule has 1 unspecified atom stereocenters. The second-order valence-corrected chi connectivity index (χ2v) is 6.66.